The van der Waals surface area contributed by atoms with Gasteiger partial charge in [0.25, 0.3) is 6.43 Å². The molecule has 0 unspecified atom stereocenters. The molecule has 2 aliphatic heterocycles. The van der Waals surface area contributed by atoms with E-state index in [1.165, 1.54) is 0 Å². The maximum absolute atomic E-state index is 12.3. The fourth-order valence-corrected chi connectivity index (χ4v) is 4.27. The smallest absolute Gasteiger partial charge is 0.272 e. The van der Waals surface area contributed by atoms with E-state index in [9.17, 15) is 29.2 Å². The molecule has 2 aliphatic rings. The number of fused-ring (bicyclic) bond motifs is 2. The summed E-state index contributed by atoms with van der Waals surface area (Å²) in [6.45, 7) is -1.52. The lowest BCUT2D eigenvalue weighted by Gasteiger charge is -2.46. The Morgan fingerprint density at radius 2 is 1.81 bits per heavy atom. The molecule has 32 heavy (non-hydrogen) atoms. The Morgan fingerprint density at radius 3 is 2.47 bits per heavy atom. The first-order chi connectivity index (χ1) is 15.2. The van der Waals surface area contributed by atoms with Crippen molar-refractivity contribution in [1.29, 1.82) is 0 Å². The predicted molar refractivity (Wildman–Crippen MR) is 109 cm³/mol. The van der Waals surface area contributed by atoms with Crippen LogP contribution in [0.3, 0.4) is 0 Å². The normalized spacial score (nSPS) is 31.8. The number of aliphatic hydroxyl groups is 4. The summed E-state index contributed by atoms with van der Waals surface area (Å²) in [5.74, 6) is -1.47. The molecule has 0 aromatic heterocycles. The van der Waals surface area contributed by atoms with Gasteiger partial charge in [-0.25, -0.2) is 8.78 Å². The van der Waals surface area contributed by atoms with Crippen LogP contribution in [-0.4, -0.2) is 70.6 Å². The molecule has 0 saturated carbocycles. The third kappa shape index (κ3) is 3.99. The first-order valence-corrected chi connectivity index (χ1v) is 10.4. The first-order valence-electron chi connectivity index (χ1n) is 9.99. The topological polar surface area (TPSA) is 109 Å². The van der Waals surface area contributed by atoms with E-state index >= 15 is 0 Å². The van der Waals surface area contributed by atoms with Crippen molar-refractivity contribution in [2.75, 3.05) is 19.8 Å². The van der Waals surface area contributed by atoms with Gasteiger partial charge in [0.15, 0.2) is 0 Å². The molecule has 4 rings (SSSR count). The quantitative estimate of drug-likeness (QED) is 0.485. The minimum Gasteiger partial charge on any atom is -0.488 e. The average Bonchev–Trinajstić information content (AvgIpc) is 3.17. The second kappa shape index (κ2) is 8.83. The summed E-state index contributed by atoms with van der Waals surface area (Å²) in [5.41, 5.74) is 0.277. The second-order valence-electron chi connectivity index (χ2n) is 7.99. The predicted octanol–water partition coefficient (Wildman–Crippen LogP) is 1.60. The van der Waals surface area contributed by atoms with Gasteiger partial charge in [-0.05, 0) is 41.8 Å². The van der Waals surface area contributed by atoms with Crippen LogP contribution in [0.15, 0.2) is 42.5 Å². The van der Waals surface area contributed by atoms with Gasteiger partial charge in [0.2, 0.25) is 5.79 Å². The van der Waals surface area contributed by atoms with Crippen LogP contribution in [0, 0.1) is 0 Å². The van der Waals surface area contributed by atoms with E-state index < -0.39 is 49.3 Å². The Hall–Kier alpha value is -1.85. The van der Waals surface area contributed by atoms with Crippen molar-refractivity contribution in [3.63, 3.8) is 0 Å². The van der Waals surface area contributed by atoms with E-state index in [4.69, 9.17) is 25.8 Å². The second-order valence-corrected chi connectivity index (χ2v) is 8.40. The molecule has 2 heterocycles. The first kappa shape index (κ1) is 23.3. The molecule has 2 aromatic rings. The summed E-state index contributed by atoms with van der Waals surface area (Å²) in [4.78, 5) is 0. The number of hydrogen-bond donors (Lipinski definition) is 4. The Labute approximate surface area is 187 Å². The summed E-state index contributed by atoms with van der Waals surface area (Å²) in [6, 6.07) is 11.4. The Kier molecular flexibility index (Phi) is 6.43. The fraction of sp³-hybridized carbons (Fsp3) is 0.455. The molecule has 2 saturated heterocycles. The van der Waals surface area contributed by atoms with Crippen LogP contribution in [-0.2, 0) is 21.7 Å². The molecule has 5 atom stereocenters. The van der Waals surface area contributed by atoms with E-state index in [0.29, 0.717) is 28.3 Å². The lowest BCUT2D eigenvalue weighted by atomic mass is 9.83. The van der Waals surface area contributed by atoms with Crippen LogP contribution in [0.2, 0.25) is 5.02 Å². The van der Waals surface area contributed by atoms with Crippen molar-refractivity contribution in [3.8, 4) is 5.75 Å². The number of ether oxygens (including phenoxy) is 3. The van der Waals surface area contributed by atoms with Crippen LogP contribution in [0.1, 0.15) is 16.7 Å². The number of hydrogen-bond acceptors (Lipinski definition) is 7. The highest BCUT2D eigenvalue weighted by Crippen LogP contribution is 2.49. The third-order valence-corrected chi connectivity index (χ3v) is 6.24. The van der Waals surface area contributed by atoms with Gasteiger partial charge < -0.3 is 34.6 Å². The molecule has 2 bridgehead atoms. The van der Waals surface area contributed by atoms with Crippen molar-refractivity contribution in [2.45, 2.75) is 42.5 Å². The third-order valence-electron chi connectivity index (χ3n) is 5.87. The molecule has 174 valence electrons. The maximum Gasteiger partial charge on any atom is 0.272 e. The number of aliphatic hydroxyl groups excluding tert-OH is 4. The highest BCUT2D eigenvalue weighted by molar-refractivity contribution is 6.31. The van der Waals surface area contributed by atoms with Crippen LogP contribution in [0.25, 0.3) is 0 Å². The zero-order valence-corrected chi connectivity index (χ0v) is 17.6. The van der Waals surface area contributed by atoms with Gasteiger partial charge in [-0.3, -0.25) is 0 Å². The largest absolute Gasteiger partial charge is 0.488 e. The van der Waals surface area contributed by atoms with Gasteiger partial charge in [-0.1, -0.05) is 29.8 Å². The van der Waals surface area contributed by atoms with Gasteiger partial charge >= 0.3 is 0 Å². The molecule has 2 aromatic carbocycles. The molecule has 7 nitrogen and oxygen atoms in total. The molecule has 0 spiro atoms. The average molecular weight is 473 g/mol. The zero-order chi connectivity index (χ0) is 23.1. The Balaban J connectivity index is 1.59. The lowest BCUT2D eigenvalue weighted by Crippen LogP contribution is -2.65. The van der Waals surface area contributed by atoms with Crippen molar-refractivity contribution in [2.24, 2.45) is 0 Å². The summed E-state index contributed by atoms with van der Waals surface area (Å²) in [5, 5.41) is 41.5. The van der Waals surface area contributed by atoms with Crippen molar-refractivity contribution >= 4 is 11.6 Å². The zero-order valence-electron chi connectivity index (χ0n) is 16.8. The molecule has 0 amide bonds. The molecule has 4 N–H and O–H groups in total. The van der Waals surface area contributed by atoms with Gasteiger partial charge in [0.05, 0.1) is 13.2 Å². The minimum absolute atomic E-state index is 0.225. The number of rotatable bonds is 7. The Bertz CT molecular complexity index is 960. The summed E-state index contributed by atoms with van der Waals surface area (Å²) >= 11 is 6.36. The molecule has 0 radical (unpaired) electrons. The van der Waals surface area contributed by atoms with E-state index in [1.54, 1.807) is 42.5 Å². The SMILES string of the molecule is OC[C@@]12CO[C@@](c3ccc(Cl)c(Cc4ccc(OCC(F)F)cc4)c3)(O1)[C@H](O)[C@@H](O)[C@@H]2O. The van der Waals surface area contributed by atoms with Crippen molar-refractivity contribution in [3.05, 3.63) is 64.2 Å². The van der Waals surface area contributed by atoms with E-state index in [0.717, 1.165) is 5.56 Å². The number of halogens is 3. The van der Waals surface area contributed by atoms with Gasteiger partial charge in [-0.15, -0.1) is 0 Å². The number of alkyl halides is 2. The maximum atomic E-state index is 12.3. The lowest BCUT2D eigenvalue weighted by molar-refractivity contribution is -0.329. The highest BCUT2D eigenvalue weighted by Gasteiger charge is 2.67. The summed E-state index contributed by atoms with van der Waals surface area (Å²) < 4.78 is 41.1. The van der Waals surface area contributed by atoms with E-state index in [-0.39, 0.29) is 6.61 Å². The van der Waals surface area contributed by atoms with Crippen molar-refractivity contribution in [1.82, 2.24) is 0 Å². The number of benzene rings is 2. The van der Waals surface area contributed by atoms with Crippen molar-refractivity contribution < 1.29 is 43.4 Å². The van der Waals surface area contributed by atoms with Gasteiger partial charge in [0, 0.05) is 10.6 Å². The van der Waals surface area contributed by atoms with E-state index in [2.05, 4.69) is 0 Å². The minimum atomic E-state index is -2.56. The monoisotopic (exact) mass is 472 g/mol. The highest BCUT2D eigenvalue weighted by atomic mass is 35.5. The van der Waals surface area contributed by atoms with Crippen LogP contribution >= 0.6 is 11.6 Å². The van der Waals surface area contributed by atoms with Crippen LogP contribution in [0.5, 0.6) is 5.75 Å². The van der Waals surface area contributed by atoms with E-state index in [1.807, 2.05) is 0 Å². The molecular weight excluding hydrogens is 450 g/mol. The summed E-state index contributed by atoms with van der Waals surface area (Å²) in [7, 11) is 0. The molecule has 2 fully saturated rings. The van der Waals surface area contributed by atoms with Crippen LogP contribution in [0.4, 0.5) is 8.78 Å². The fourth-order valence-electron chi connectivity index (χ4n) is 4.08. The Morgan fingerprint density at radius 1 is 1.09 bits per heavy atom. The van der Waals surface area contributed by atoms with Gasteiger partial charge in [0.1, 0.15) is 36.3 Å². The standard InChI is InChI=1S/C22H23ClF2O7/c23-16-6-3-14(22-20(29)18(27)19(28)21(10-26,32-22)11-31-22)8-13(16)7-12-1-4-15(5-2-12)30-9-17(24)25/h1-6,8,17-20,26-29H,7,9-11H2/t18-,19-,20+,21-,22-/m0/s1. The summed E-state index contributed by atoms with van der Waals surface area (Å²) in [6.07, 6.45) is -6.94. The van der Waals surface area contributed by atoms with Gasteiger partial charge in [-0.2, -0.15) is 0 Å². The molecule has 0 aliphatic carbocycles. The molecule has 10 heteroatoms. The van der Waals surface area contributed by atoms with Crippen LogP contribution < -0.4 is 4.74 Å². The molecular formula is C22H23ClF2O7.